The number of benzene rings is 1. The number of nitrogens with zero attached hydrogens (tertiary/aromatic N) is 1. The smallest absolute Gasteiger partial charge is 0.309 e. The van der Waals surface area contributed by atoms with Crippen LogP contribution in [0.3, 0.4) is 0 Å². The molecule has 2 aromatic rings. The van der Waals surface area contributed by atoms with Crippen molar-refractivity contribution < 1.29 is 14.0 Å². The van der Waals surface area contributed by atoms with E-state index in [1.54, 1.807) is 0 Å². The molecule has 2 unspecified atom stereocenters. The van der Waals surface area contributed by atoms with E-state index in [0.29, 0.717) is 40.3 Å². The van der Waals surface area contributed by atoms with Gasteiger partial charge in [-0.15, -0.1) is 0 Å². The fraction of sp³-hybridized carbons (Fsp3) is 0.636. The van der Waals surface area contributed by atoms with Gasteiger partial charge in [0.2, 0.25) is 0 Å². The molecule has 2 saturated carbocycles. The third-order valence-corrected chi connectivity index (χ3v) is 16.3. The lowest BCUT2D eigenvalue weighted by molar-refractivity contribution is -0.144. The van der Waals surface area contributed by atoms with E-state index in [4.69, 9.17) is 14.1 Å². The van der Waals surface area contributed by atoms with E-state index in [-0.39, 0.29) is 18.0 Å². The van der Waals surface area contributed by atoms with Crippen LogP contribution in [0.1, 0.15) is 86.3 Å². The molecule has 0 radical (unpaired) electrons. The van der Waals surface area contributed by atoms with Gasteiger partial charge in [0.15, 0.2) is 0 Å². The van der Waals surface area contributed by atoms with Gasteiger partial charge in [-0.05, 0) is 84.5 Å². The highest BCUT2D eigenvalue weighted by Crippen LogP contribution is 2.53. The molecule has 1 aliphatic heterocycles. The lowest BCUT2D eigenvalue weighted by atomic mass is 9.57. The summed E-state index contributed by atoms with van der Waals surface area (Å²) in [6.45, 7) is 16.0. The first kappa shape index (κ1) is 27.4. The maximum absolute atomic E-state index is 12.6. The van der Waals surface area contributed by atoms with Crippen molar-refractivity contribution in [3.63, 3.8) is 0 Å². The Hall–Kier alpha value is -2.14. The molecule has 2 aliphatic carbocycles. The topological polar surface area (TPSA) is 48.4 Å². The Labute approximate surface area is 230 Å². The van der Waals surface area contributed by atoms with Crippen molar-refractivity contribution in [1.82, 2.24) is 4.98 Å². The minimum Gasteiger partial charge on any atom is -0.543 e. The van der Waals surface area contributed by atoms with Gasteiger partial charge in [0.25, 0.3) is 8.32 Å². The number of cyclic esters (lactones) is 1. The van der Waals surface area contributed by atoms with Crippen LogP contribution in [0, 0.1) is 29.6 Å². The van der Waals surface area contributed by atoms with Crippen molar-refractivity contribution in [3.05, 3.63) is 42.1 Å². The van der Waals surface area contributed by atoms with Crippen molar-refractivity contribution >= 4 is 31.3 Å². The SMILES string of the molecule is CC(C)[Si](Oc1ccc2nc(/C=C/C3C4CCCC[C@H]4C[C@H]4C(=O)O[C@H](C)[C@@H]34)ccc2c1)(C(C)C)C(C)C. The first-order chi connectivity index (χ1) is 18.1. The van der Waals surface area contributed by atoms with E-state index < -0.39 is 8.32 Å². The Balaban J connectivity index is 1.40. The maximum atomic E-state index is 12.6. The Kier molecular flexibility index (Phi) is 7.79. The Morgan fingerprint density at radius 1 is 1.00 bits per heavy atom. The lowest BCUT2D eigenvalue weighted by Gasteiger charge is -2.45. The third-order valence-electron chi connectivity index (χ3n) is 10.2. The van der Waals surface area contributed by atoms with Crippen LogP contribution in [-0.2, 0) is 9.53 Å². The van der Waals surface area contributed by atoms with E-state index >= 15 is 0 Å². The quantitative estimate of drug-likeness (QED) is 0.263. The zero-order valence-corrected chi connectivity index (χ0v) is 25.4. The highest BCUT2D eigenvalue weighted by Gasteiger charge is 2.53. The van der Waals surface area contributed by atoms with E-state index in [1.807, 2.05) is 0 Å². The Bertz CT molecular complexity index is 1170. The normalized spacial score (nSPS) is 29.8. The highest BCUT2D eigenvalue weighted by molar-refractivity contribution is 6.78. The van der Waals surface area contributed by atoms with Gasteiger partial charge in [0.05, 0.1) is 17.1 Å². The predicted molar refractivity (Wildman–Crippen MR) is 159 cm³/mol. The zero-order chi connectivity index (χ0) is 27.2. The van der Waals surface area contributed by atoms with Gasteiger partial charge >= 0.3 is 5.97 Å². The molecule has 0 bridgehead atoms. The van der Waals surface area contributed by atoms with Crippen molar-refractivity contribution in [2.24, 2.45) is 29.6 Å². The van der Waals surface area contributed by atoms with Crippen molar-refractivity contribution in [2.75, 3.05) is 0 Å². The van der Waals surface area contributed by atoms with Gasteiger partial charge < -0.3 is 9.16 Å². The standard InChI is InChI=1S/C33H47NO3Si/c1-20(2)38(21(3)4,22(5)6)37-27-15-17-31-25(18-27)12-13-26(34-31)14-16-29-28-11-9-8-10-24(28)19-30-32(29)23(7)36-33(30)35/h12-18,20-24,28-30,32H,8-11,19H2,1-7H3/b16-14+/t23-,24+,28?,29?,30-,32+/m1/s1. The second-order valence-corrected chi connectivity index (χ2v) is 18.6. The number of carbonyl (C=O) groups excluding carboxylic acids is 1. The van der Waals surface area contributed by atoms with Gasteiger partial charge in [0.1, 0.15) is 11.9 Å². The van der Waals surface area contributed by atoms with Crippen LogP contribution < -0.4 is 4.43 Å². The molecule has 6 atom stereocenters. The number of hydrogen-bond donors (Lipinski definition) is 0. The number of ether oxygens (including phenoxy) is 1. The molecule has 206 valence electrons. The van der Waals surface area contributed by atoms with Crippen molar-refractivity contribution in [2.45, 2.75) is 103 Å². The second kappa shape index (κ2) is 10.8. The van der Waals surface area contributed by atoms with Gasteiger partial charge in [-0.25, -0.2) is 4.98 Å². The molecular formula is C33H47NO3Si. The maximum Gasteiger partial charge on any atom is 0.309 e. The molecule has 5 rings (SSSR count). The molecule has 3 aliphatic rings. The number of carbonyl (C=O) groups is 1. The number of rotatable bonds is 7. The Morgan fingerprint density at radius 2 is 1.71 bits per heavy atom. The molecule has 0 amide bonds. The minimum atomic E-state index is -2.00. The summed E-state index contributed by atoms with van der Waals surface area (Å²) in [5, 5.41) is 1.12. The first-order valence-electron chi connectivity index (χ1n) is 15.1. The average Bonchev–Trinajstić information content (AvgIpc) is 3.17. The molecule has 38 heavy (non-hydrogen) atoms. The summed E-state index contributed by atoms with van der Waals surface area (Å²) in [4.78, 5) is 17.6. The van der Waals surface area contributed by atoms with Crippen LogP contribution in [0.4, 0.5) is 0 Å². The van der Waals surface area contributed by atoms with E-state index in [9.17, 15) is 4.79 Å². The molecular weight excluding hydrogens is 486 g/mol. The fourth-order valence-electron chi connectivity index (χ4n) is 8.63. The molecule has 0 N–H and O–H groups in total. The third kappa shape index (κ3) is 4.84. The first-order valence-corrected chi connectivity index (χ1v) is 17.2. The molecule has 1 aromatic carbocycles. The van der Waals surface area contributed by atoms with E-state index in [1.165, 1.54) is 25.7 Å². The summed E-state index contributed by atoms with van der Waals surface area (Å²) in [5.41, 5.74) is 3.59. The molecule has 5 heteroatoms. The lowest BCUT2D eigenvalue weighted by Crippen LogP contribution is -2.50. The molecule has 2 heterocycles. The Morgan fingerprint density at radius 3 is 2.42 bits per heavy atom. The van der Waals surface area contributed by atoms with Gasteiger partial charge in [0, 0.05) is 11.3 Å². The van der Waals surface area contributed by atoms with Gasteiger partial charge in [-0.1, -0.05) is 72.9 Å². The molecule has 0 spiro atoms. The number of pyridine rings is 1. The summed E-state index contributed by atoms with van der Waals surface area (Å²) in [6, 6.07) is 10.7. The summed E-state index contributed by atoms with van der Waals surface area (Å²) in [7, 11) is -2.00. The second-order valence-electron chi connectivity index (χ2n) is 13.2. The van der Waals surface area contributed by atoms with Crippen LogP contribution in [-0.4, -0.2) is 25.4 Å². The predicted octanol–water partition coefficient (Wildman–Crippen LogP) is 8.81. The van der Waals surface area contributed by atoms with Crippen LogP contribution in [0.5, 0.6) is 5.75 Å². The monoisotopic (exact) mass is 533 g/mol. The van der Waals surface area contributed by atoms with E-state index in [0.717, 1.165) is 28.8 Å². The zero-order valence-electron chi connectivity index (χ0n) is 24.4. The number of allylic oxidation sites excluding steroid dienone is 1. The van der Waals surface area contributed by atoms with Gasteiger partial charge in [-0.2, -0.15) is 0 Å². The minimum absolute atomic E-state index is 0.00574. The van der Waals surface area contributed by atoms with Crippen molar-refractivity contribution in [1.29, 1.82) is 0 Å². The molecule has 1 aromatic heterocycles. The number of esters is 1. The number of aromatic nitrogens is 1. The molecule has 3 fully saturated rings. The van der Waals surface area contributed by atoms with Crippen LogP contribution >= 0.6 is 0 Å². The molecule has 1 saturated heterocycles. The van der Waals surface area contributed by atoms with E-state index in [2.05, 4.69) is 91.0 Å². The summed E-state index contributed by atoms with van der Waals surface area (Å²) >= 11 is 0. The highest BCUT2D eigenvalue weighted by atomic mass is 28.4. The fourth-order valence-corrected chi connectivity index (χ4v) is 13.9. The van der Waals surface area contributed by atoms with Crippen LogP contribution in [0.25, 0.3) is 17.0 Å². The van der Waals surface area contributed by atoms with Gasteiger partial charge in [-0.3, -0.25) is 4.79 Å². The molecule has 4 nitrogen and oxygen atoms in total. The summed E-state index contributed by atoms with van der Waals surface area (Å²) in [5.74, 6) is 3.07. The number of fused-ring (bicyclic) bond motifs is 3. The van der Waals surface area contributed by atoms with Crippen molar-refractivity contribution in [3.8, 4) is 5.75 Å². The largest absolute Gasteiger partial charge is 0.543 e. The average molecular weight is 534 g/mol. The number of hydrogen-bond acceptors (Lipinski definition) is 4. The van der Waals surface area contributed by atoms with Crippen LogP contribution in [0.2, 0.25) is 16.6 Å². The van der Waals surface area contributed by atoms with Crippen LogP contribution in [0.15, 0.2) is 36.4 Å². The summed E-state index contributed by atoms with van der Waals surface area (Å²) < 4.78 is 12.7. The summed E-state index contributed by atoms with van der Waals surface area (Å²) in [6.07, 6.45) is 10.7.